The first-order valence-electron chi connectivity index (χ1n) is 6.14. The Kier molecular flexibility index (Phi) is 3.50. The van der Waals surface area contributed by atoms with Gasteiger partial charge in [0.25, 0.3) is 0 Å². The number of carboxylic acid groups (broad SMARTS) is 1. The van der Waals surface area contributed by atoms with E-state index in [-0.39, 0.29) is 5.56 Å². The van der Waals surface area contributed by atoms with Gasteiger partial charge in [-0.15, -0.1) is 0 Å². The molecular weight excluding hydrogens is 271 g/mol. The predicted molar refractivity (Wildman–Crippen MR) is 68.6 cm³/mol. The van der Waals surface area contributed by atoms with Crippen LogP contribution in [0.3, 0.4) is 0 Å². The van der Waals surface area contributed by atoms with Gasteiger partial charge in [0, 0.05) is 23.5 Å². The number of hydrogen-bond donors (Lipinski definition) is 1. The van der Waals surface area contributed by atoms with Gasteiger partial charge in [-0.05, 0) is 24.1 Å². The van der Waals surface area contributed by atoms with Crippen molar-refractivity contribution < 1.29 is 23.1 Å². The smallest absolute Gasteiger partial charge is 0.431 e. The summed E-state index contributed by atoms with van der Waals surface area (Å²) in [7, 11) is 1.31. The van der Waals surface area contributed by atoms with E-state index in [1.807, 2.05) is 6.92 Å². The Morgan fingerprint density at radius 1 is 1.35 bits per heavy atom. The molecule has 2 aromatic rings. The minimum Gasteiger partial charge on any atom is -0.481 e. The third-order valence-electron chi connectivity index (χ3n) is 3.37. The summed E-state index contributed by atoms with van der Waals surface area (Å²) in [5.74, 6) is -1.27. The molecule has 2 rings (SSSR count). The Morgan fingerprint density at radius 2 is 2.00 bits per heavy atom. The van der Waals surface area contributed by atoms with Crippen LogP contribution in [0.25, 0.3) is 10.9 Å². The molecule has 0 unspecified atom stereocenters. The van der Waals surface area contributed by atoms with Gasteiger partial charge in [-0.1, -0.05) is 13.0 Å². The third kappa shape index (κ3) is 2.37. The largest absolute Gasteiger partial charge is 0.481 e. The molecule has 3 nitrogen and oxygen atoms in total. The van der Waals surface area contributed by atoms with Gasteiger partial charge in [0.15, 0.2) is 0 Å². The lowest BCUT2D eigenvalue weighted by molar-refractivity contribution is -0.144. The van der Waals surface area contributed by atoms with Crippen molar-refractivity contribution in [2.45, 2.75) is 25.9 Å². The van der Waals surface area contributed by atoms with Crippen LogP contribution in [0.4, 0.5) is 13.2 Å². The van der Waals surface area contributed by atoms with Crippen molar-refractivity contribution in [2.24, 2.45) is 7.05 Å². The van der Waals surface area contributed by atoms with Crippen LogP contribution in [0.1, 0.15) is 23.7 Å². The highest BCUT2D eigenvalue weighted by Crippen LogP contribution is 2.38. The molecule has 0 saturated heterocycles. The zero-order chi connectivity index (χ0) is 15.1. The van der Waals surface area contributed by atoms with Crippen LogP contribution < -0.4 is 0 Å². The SMILES string of the molecule is CCc1ccc2c(c1)c(CC(=O)O)c(C(F)(F)F)n2C. The van der Waals surface area contributed by atoms with Gasteiger partial charge < -0.3 is 9.67 Å². The first kappa shape index (κ1) is 14.4. The minimum absolute atomic E-state index is 0.169. The van der Waals surface area contributed by atoms with Crippen LogP contribution >= 0.6 is 0 Å². The molecule has 1 N–H and O–H groups in total. The second-order valence-electron chi connectivity index (χ2n) is 4.66. The molecule has 1 aromatic carbocycles. The number of fused-ring (bicyclic) bond motifs is 1. The lowest BCUT2D eigenvalue weighted by Gasteiger charge is -2.10. The van der Waals surface area contributed by atoms with E-state index in [1.54, 1.807) is 18.2 Å². The average molecular weight is 285 g/mol. The Hall–Kier alpha value is -1.98. The van der Waals surface area contributed by atoms with E-state index >= 15 is 0 Å². The molecule has 0 amide bonds. The van der Waals surface area contributed by atoms with Crippen molar-refractivity contribution in [1.82, 2.24) is 4.57 Å². The predicted octanol–water partition coefficient (Wildman–Crippen LogP) is 3.39. The van der Waals surface area contributed by atoms with E-state index in [9.17, 15) is 18.0 Å². The molecule has 1 aromatic heterocycles. The van der Waals surface area contributed by atoms with Gasteiger partial charge in [0.2, 0.25) is 0 Å². The maximum absolute atomic E-state index is 13.2. The Labute approximate surface area is 113 Å². The normalized spacial score (nSPS) is 12.1. The van der Waals surface area contributed by atoms with E-state index in [1.165, 1.54) is 7.05 Å². The highest BCUT2D eigenvalue weighted by atomic mass is 19.4. The fourth-order valence-electron chi connectivity index (χ4n) is 2.48. The third-order valence-corrected chi connectivity index (χ3v) is 3.37. The number of rotatable bonds is 3. The van der Waals surface area contributed by atoms with Gasteiger partial charge in [-0.2, -0.15) is 13.2 Å². The number of aliphatic carboxylic acids is 1. The number of aryl methyl sites for hydroxylation is 2. The number of benzene rings is 1. The van der Waals surface area contributed by atoms with E-state index in [4.69, 9.17) is 5.11 Å². The molecule has 20 heavy (non-hydrogen) atoms. The molecule has 0 aliphatic carbocycles. The number of alkyl halides is 3. The molecule has 0 aliphatic heterocycles. The quantitative estimate of drug-likeness (QED) is 0.939. The highest BCUT2D eigenvalue weighted by Gasteiger charge is 2.38. The summed E-state index contributed by atoms with van der Waals surface area (Å²) < 4.78 is 40.5. The Bertz CT molecular complexity index is 671. The number of carbonyl (C=O) groups is 1. The maximum atomic E-state index is 13.2. The molecule has 1 heterocycles. The van der Waals surface area contributed by atoms with Crippen molar-refractivity contribution in [3.8, 4) is 0 Å². The second kappa shape index (κ2) is 4.85. The number of halogens is 3. The van der Waals surface area contributed by atoms with E-state index in [2.05, 4.69) is 0 Å². The van der Waals surface area contributed by atoms with Crippen molar-refractivity contribution in [3.63, 3.8) is 0 Å². The molecule has 0 saturated carbocycles. The van der Waals surface area contributed by atoms with Crippen molar-refractivity contribution in [3.05, 3.63) is 35.0 Å². The molecule has 0 atom stereocenters. The molecule has 108 valence electrons. The van der Waals surface area contributed by atoms with Crippen LogP contribution in [0, 0.1) is 0 Å². The molecule has 0 aliphatic rings. The highest BCUT2D eigenvalue weighted by molar-refractivity contribution is 5.89. The average Bonchev–Trinajstić information content (AvgIpc) is 2.61. The topological polar surface area (TPSA) is 42.2 Å². The Balaban J connectivity index is 2.82. The summed E-state index contributed by atoms with van der Waals surface area (Å²) in [5, 5.41) is 9.24. The van der Waals surface area contributed by atoms with Gasteiger partial charge in [-0.3, -0.25) is 4.79 Å². The first-order chi connectivity index (χ1) is 9.25. The molecule has 0 bridgehead atoms. The molecule has 6 heteroatoms. The van der Waals surface area contributed by atoms with Crippen molar-refractivity contribution >= 4 is 16.9 Å². The number of hydrogen-bond acceptors (Lipinski definition) is 1. The molecule has 0 fully saturated rings. The fourth-order valence-corrected chi connectivity index (χ4v) is 2.48. The summed E-state index contributed by atoms with van der Waals surface area (Å²) in [5.41, 5.74) is 0.218. The lowest BCUT2D eigenvalue weighted by Crippen LogP contribution is -2.15. The summed E-state index contributed by atoms with van der Waals surface area (Å²) in [6.07, 6.45) is -4.54. The van der Waals surface area contributed by atoms with Crippen LogP contribution in [-0.2, 0) is 30.9 Å². The number of aromatic nitrogens is 1. The van der Waals surface area contributed by atoms with Crippen molar-refractivity contribution in [2.75, 3.05) is 0 Å². The van der Waals surface area contributed by atoms with Gasteiger partial charge in [0.05, 0.1) is 6.42 Å². The zero-order valence-corrected chi connectivity index (χ0v) is 11.1. The van der Waals surface area contributed by atoms with Crippen LogP contribution in [-0.4, -0.2) is 15.6 Å². The zero-order valence-electron chi connectivity index (χ0n) is 11.1. The van der Waals surface area contributed by atoms with E-state index in [0.717, 1.165) is 10.1 Å². The van der Waals surface area contributed by atoms with Gasteiger partial charge in [-0.25, -0.2) is 0 Å². The minimum atomic E-state index is -4.58. The Morgan fingerprint density at radius 3 is 2.50 bits per heavy atom. The maximum Gasteiger partial charge on any atom is 0.431 e. The van der Waals surface area contributed by atoms with E-state index in [0.29, 0.717) is 17.3 Å². The lowest BCUT2D eigenvalue weighted by atomic mass is 10.0. The van der Waals surface area contributed by atoms with Crippen molar-refractivity contribution in [1.29, 1.82) is 0 Å². The summed E-state index contributed by atoms with van der Waals surface area (Å²) in [6.45, 7) is 1.89. The second-order valence-corrected chi connectivity index (χ2v) is 4.66. The van der Waals surface area contributed by atoms with Gasteiger partial charge >= 0.3 is 12.1 Å². The standard InChI is InChI=1S/C14H14F3NO2/c1-3-8-4-5-11-9(6-8)10(7-12(19)20)13(18(11)2)14(15,16)17/h4-6H,3,7H2,1-2H3,(H,19,20). The molecule has 0 spiro atoms. The molecular formula is C14H14F3NO2. The van der Waals surface area contributed by atoms with Crippen LogP contribution in [0.15, 0.2) is 18.2 Å². The summed E-state index contributed by atoms with van der Waals surface area (Å²) >= 11 is 0. The number of carboxylic acids is 1. The first-order valence-corrected chi connectivity index (χ1v) is 6.14. The van der Waals surface area contributed by atoms with Crippen LogP contribution in [0.5, 0.6) is 0 Å². The fraction of sp³-hybridized carbons (Fsp3) is 0.357. The van der Waals surface area contributed by atoms with E-state index < -0.39 is 24.3 Å². The van der Waals surface area contributed by atoms with Crippen LogP contribution in [0.2, 0.25) is 0 Å². The van der Waals surface area contributed by atoms with Gasteiger partial charge in [0.1, 0.15) is 5.69 Å². The summed E-state index contributed by atoms with van der Waals surface area (Å²) in [6, 6.07) is 5.00. The summed E-state index contributed by atoms with van der Waals surface area (Å²) in [4.78, 5) is 10.9. The number of nitrogens with zero attached hydrogens (tertiary/aromatic N) is 1. The molecule has 0 radical (unpaired) electrons. The monoisotopic (exact) mass is 285 g/mol.